The Morgan fingerprint density at radius 2 is 1.49 bits per heavy atom. The zero-order valence-corrected chi connectivity index (χ0v) is 23.5. The van der Waals surface area contributed by atoms with Crippen LogP contribution in [-0.4, -0.2) is 32.4 Å². The third-order valence-electron chi connectivity index (χ3n) is 6.25. The van der Waals surface area contributed by atoms with Gasteiger partial charge in [-0.2, -0.15) is 0 Å². The molecule has 39 heavy (non-hydrogen) atoms. The zero-order chi connectivity index (χ0) is 28.4. The Morgan fingerprint density at radius 3 is 2.18 bits per heavy atom. The number of esters is 1. The van der Waals surface area contributed by atoms with E-state index in [0.717, 1.165) is 20.8 Å². The second kappa shape index (κ2) is 10.9. The fourth-order valence-electron chi connectivity index (χ4n) is 4.20. The highest BCUT2D eigenvalue weighted by atomic mass is 32.2. The van der Waals surface area contributed by atoms with Crippen molar-refractivity contribution in [2.75, 3.05) is 16.2 Å². The van der Waals surface area contributed by atoms with E-state index in [2.05, 4.69) is 5.32 Å². The first-order valence-corrected chi connectivity index (χ1v) is 14.0. The minimum absolute atomic E-state index is 0.121. The highest BCUT2D eigenvalue weighted by Crippen LogP contribution is 2.32. The summed E-state index contributed by atoms with van der Waals surface area (Å²) in [7, 11) is -4.13. The number of aryl methyl sites for hydroxylation is 1. The summed E-state index contributed by atoms with van der Waals surface area (Å²) in [5, 5.41) is 4.12. The normalized spacial score (nSPS) is 11.7. The number of anilines is 2. The molecule has 0 saturated heterocycles. The lowest BCUT2D eigenvalue weighted by molar-refractivity contribution is -0.114. The van der Waals surface area contributed by atoms with E-state index < -0.39 is 34.0 Å². The standard InChI is InChI=1S/C31H32N2O5S/c1-21-10-8-14-27(22(21)2)33(39(36,37)28-15-9-12-23-11-6-7-13-26(23)28)20-29(34)32-25-18-16-24(17-19-25)30(35)38-31(3,4)5/h6-19H,20H2,1-5H3,(H,32,34). The van der Waals surface area contributed by atoms with Crippen LogP contribution in [0.4, 0.5) is 11.4 Å². The number of hydrogen-bond donors (Lipinski definition) is 1. The van der Waals surface area contributed by atoms with Crippen molar-refractivity contribution < 1.29 is 22.7 Å². The van der Waals surface area contributed by atoms with Gasteiger partial charge in [0.1, 0.15) is 12.1 Å². The van der Waals surface area contributed by atoms with Crippen molar-refractivity contribution in [3.8, 4) is 0 Å². The minimum atomic E-state index is -4.13. The molecular formula is C31H32N2O5S. The molecule has 1 N–H and O–H groups in total. The highest BCUT2D eigenvalue weighted by molar-refractivity contribution is 7.93. The van der Waals surface area contributed by atoms with Crippen LogP contribution in [0, 0.1) is 13.8 Å². The largest absolute Gasteiger partial charge is 0.456 e. The summed E-state index contributed by atoms with van der Waals surface area (Å²) in [5.74, 6) is -0.993. The SMILES string of the molecule is Cc1cccc(N(CC(=O)Nc2ccc(C(=O)OC(C)(C)C)cc2)S(=O)(=O)c2cccc3ccccc23)c1C. The Morgan fingerprint density at radius 1 is 0.846 bits per heavy atom. The number of benzene rings is 4. The molecule has 0 aliphatic rings. The van der Waals surface area contributed by atoms with E-state index in [-0.39, 0.29) is 4.90 Å². The number of nitrogens with one attached hydrogen (secondary N) is 1. The average Bonchev–Trinajstić information content (AvgIpc) is 2.88. The van der Waals surface area contributed by atoms with Crippen molar-refractivity contribution in [3.63, 3.8) is 0 Å². The van der Waals surface area contributed by atoms with Crippen LogP contribution in [0.5, 0.6) is 0 Å². The van der Waals surface area contributed by atoms with Gasteiger partial charge in [0.25, 0.3) is 10.0 Å². The van der Waals surface area contributed by atoms with Gasteiger partial charge in [0.15, 0.2) is 0 Å². The number of rotatable bonds is 7. The maximum atomic E-state index is 14.1. The number of sulfonamides is 1. The zero-order valence-electron chi connectivity index (χ0n) is 22.7. The van der Waals surface area contributed by atoms with Crippen molar-refractivity contribution >= 4 is 44.0 Å². The molecule has 4 rings (SSSR count). The first kappa shape index (κ1) is 27.9. The highest BCUT2D eigenvalue weighted by Gasteiger charge is 2.30. The van der Waals surface area contributed by atoms with E-state index in [1.807, 2.05) is 38.1 Å². The lowest BCUT2D eigenvalue weighted by Gasteiger charge is -2.27. The van der Waals surface area contributed by atoms with Crippen LogP contribution < -0.4 is 9.62 Å². The number of fused-ring (bicyclic) bond motifs is 1. The second-order valence-electron chi connectivity index (χ2n) is 10.3. The molecule has 4 aromatic carbocycles. The molecule has 0 atom stereocenters. The number of nitrogens with zero attached hydrogens (tertiary/aromatic N) is 1. The van der Waals surface area contributed by atoms with Crippen LogP contribution in [0.15, 0.2) is 89.8 Å². The summed E-state index contributed by atoms with van der Waals surface area (Å²) in [6.07, 6.45) is 0. The third kappa shape index (κ3) is 6.29. The van der Waals surface area contributed by atoms with Crippen molar-refractivity contribution in [3.05, 3.63) is 102 Å². The monoisotopic (exact) mass is 544 g/mol. The smallest absolute Gasteiger partial charge is 0.338 e. The third-order valence-corrected chi connectivity index (χ3v) is 8.07. The summed E-state index contributed by atoms with van der Waals surface area (Å²) in [5.41, 5.74) is 2.24. The Labute approximate surface area is 229 Å². The molecule has 7 nitrogen and oxygen atoms in total. The first-order chi connectivity index (χ1) is 18.4. The summed E-state index contributed by atoms with van der Waals surface area (Å²) < 4.78 is 34.8. The molecule has 0 radical (unpaired) electrons. The van der Waals surface area contributed by atoms with Gasteiger partial charge in [0, 0.05) is 11.1 Å². The van der Waals surface area contributed by atoms with Crippen molar-refractivity contribution in [2.24, 2.45) is 0 Å². The number of carbonyl (C=O) groups is 2. The van der Waals surface area contributed by atoms with E-state index in [9.17, 15) is 18.0 Å². The fourth-order valence-corrected chi connectivity index (χ4v) is 5.90. The molecule has 0 unspecified atom stereocenters. The summed E-state index contributed by atoms with van der Waals surface area (Å²) in [4.78, 5) is 25.7. The first-order valence-electron chi connectivity index (χ1n) is 12.6. The van der Waals surface area contributed by atoms with Gasteiger partial charge in [0.2, 0.25) is 5.91 Å². The van der Waals surface area contributed by atoms with E-state index in [0.29, 0.717) is 22.3 Å². The van der Waals surface area contributed by atoms with E-state index in [1.165, 1.54) is 0 Å². The molecule has 0 saturated carbocycles. The maximum absolute atomic E-state index is 14.1. The molecule has 4 aromatic rings. The Hall–Kier alpha value is -4.17. The van der Waals surface area contributed by atoms with Crippen LogP contribution in [0.2, 0.25) is 0 Å². The lowest BCUT2D eigenvalue weighted by Crippen LogP contribution is -2.38. The number of hydrogen-bond acceptors (Lipinski definition) is 5. The van der Waals surface area contributed by atoms with E-state index in [1.54, 1.807) is 81.4 Å². The van der Waals surface area contributed by atoms with Crippen LogP contribution in [0.25, 0.3) is 10.8 Å². The molecule has 202 valence electrons. The molecule has 0 bridgehead atoms. The van der Waals surface area contributed by atoms with Gasteiger partial charge in [0.05, 0.1) is 16.1 Å². The minimum Gasteiger partial charge on any atom is -0.456 e. The van der Waals surface area contributed by atoms with Crippen LogP contribution in [-0.2, 0) is 19.6 Å². The van der Waals surface area contributed by atoms with E-state index in [4.69, 9.17) is 4.74 Å². The topological polar surface area (TPSA) is 92.8 Å². The van der Waals surface area contributed by atoms with Crippen LogP contribution >= 0.6 is 0 Å². The number of carbonyl (C=O) groups excluding carboxylic acids is 2. The molecular weight excluding hydrogens is 512 g/mol. The van der Waals surface area contributed by atoms with Gasteiger partial charge in [-0.05, 0) is 87.5 Å². The fraction of sp³-hybridized carbons (Fsp3) is 0.226. The predicted molar refractivity (Wildman–Crippen MR) is 155 cm³/mol. The molecule has 0 aliphatic heterocycles. The van der Waals surface area contributed by atoms with Crippen molar-refractivity contribution in [2.45, 2.75) is 45.1 Å². The summed E-state index contributed by atoms with van der Waals surface area (Å²) >= 11 is 0. The number of amides is 1. The van der Waals surface area contributed by atoms with Gasteiger partial charge >= 0.3 is 5.97 Å². The Kier molecular flexibility index (Phi) is 7.79. The van der Waals surface area contributed by atoms with Gasteiger partial charge in [-0.25, -0.2) is 13.2 Å². The van der Waals surface area contributed by atoms with Gasteiger partial charge in [-0.15, -0.1) is 0 Å². The van der Waals surface area contributed by atoms with Gasteiger partial charge < -0.3 is 10.1 Å². The summed E-state index contributed by atoms with van der Waals surface area (Å²) in [6, 6.07) is 24.0. The van der Waals surface area contributed by atoms with Crippen molar-refractivity contribution in [1.29, 1.82) is 0 Å². The van der Waals surface area contributed by atoms with Gasteiger partial charge in [-0.1, -0.05) is 48.5 Å². The number of ether oxygens (including phenoxy) is 1. The molecule has 0 fully saturated rings. The molecule has 1 amide bonds. The predicted octanol–water partition coefficient (Wildman–Crippen LogP) is 6.25. The van der Waals surface area contributed by atoms with Crippen molar-refractivity contribution in [1.82, 2.24) is 0 Å². The average molecular weight is 545 g/mol. The molecule has 0 aliphatic carbocycles. The molecule has 8 heteroatoms. The molecule has 0 heterocycles. The van der Waals surface area contributed by atoms with E-state index >= 15 is 0 Å². The molecule has 0 spiro atoms. The second-order valence-corrected chi connectivity index (χ2v) is 12.2. The van der Waals surface area contributed by atoms with Gasteiger partial charge in [-0.3, -0.25) is 9.10 Å². The maximum Gasteiger partial charge on any atom is 0.338 e. The quantitative estimate of drug-likeness (QED) is 0.278. The Bertz CT molecular complexity index is 1630. The Balaban J connectivity index is 1.66. The molecule has 0 aromatic heterocycles. The summed E-state index contributed by atoms with van der Waals surface area (Å²) in [6.45, 7) is 8.65. The van der Waals surface area contributed by atoms with Crippen LogP contribution in [0.1, 0.15) is 42.3 Å². The lowest BCUT2D eigenvalue weighted by atomic mass is 10.1. The van der Waals surface area contributed by atoms with Crippen LogP contribution in [0.3, 0.4) is 0 Å².